The number of benzene rings is 2. The first-order chi connectivity index (χ1) is 15.9. The number of carbonyl (C=O) groups is 1. The lowest BCUT2D eigenvalue weighted by atomic mass is 9.97. The Balaban J connectivity index is 1.62. The topological polar surface area (TPSA) is 97.3 Å². The first-order valence-corrected chi connectivity index (χ1v) is 12.6. The van der Waals surface area contributed by atoms with E-state index in [1.807, 2.05) is 12.1 Å². The number of ether oxygens (including phenoxy) is 2. The highest BCUT2D eigenvalue weighted by molar-refractivity contribution is 7.90. The first kappa shape index (κ1) is 23.1. The van der Waals surface area contributed by atoms with Crippen LogP contribution in [-0.4, -0.2) is 51.9 Å². The van der Waals surface area contributed by atoms with Crippen LogP contribution in [-0.2, 0) is 27.8 Å². The lowest BCUT2D eigenvalue weighted by Crippen LogP contribution is -2.42. The van der Waals surface area contributed by atoms with E-state index in [4.69, 9.17) is 9.47 Å². The van der Waals surface area contributed by atoms with Crippen molar-refractivity contribution in [2.75, 3.05) is 20.8 Å². The molecule has 176 valence electrons. The first-order valence-electron chi connectivity index (χ1n) is 11.1. The maximum absolute atomic E-state index is 13.5. The number of fused-ring (bicyclic) bond motifs is 2. The van der Waals surface area contributed by atoms with E-state index >= 15 is 0 Å². The monoisotopic (exact) mass is 471 g/mol. The fraction of sp³-hybridized carbons (Fsp3) is 0.417. The van der Waals surface area contributed by atoms with Crippen molar-refractivity contribution in [3.05, 3.63) is 53.1 Å². The van der Waals surface area contributed by atoms with Gasteiger partial charge in [-0.2, -0.15) is 0 Å². The predicted octanol–water partition coefficient (Wildman–Crippen LogP) is 2.89. The number of methoxy groups -OCH3 is 2. The Bertz CT molecular complexity index is 1190. The third-order valence-corrected chi connectivity index (χ3v) is 7.49. The molecule has 1 atom stereocenters. The summed E-state index contributed by atoms with van der Waals surface area (Å²) >= 11 is 0. The van der Waals surface area contributed by atoms with E-state index in [1.165, 1.54) is 0 Å². The van der Waals surface area contributed by atoms with E-state index in [1.54, 1.807) is 43.4 Å². The van der Waals surface area contributed by atoms with Crippen molar-refractivity contribution in [1.82, 2.24) is 9.62 Å². The molecule has 1 N–H and O–H groups in total. The van der Waals surface area contributed by atoms with Gasteiger partial charge in [0.25, 0.3) is 10.0 Å². The fourth-order valence-corrected chi connectivity index (χ4v) is 5.55. The van der Waals surface area contributed by atoms with Crippen molar-refractivity contribution in [1.29, 1.82) is 0 Å². The molecule has 2 aromatic carbocycles. The molecule has 0 aliphatic carbocycles. The van der Waals surface area contributed by atoms with Crippen molar-refractivity contribution < 1.29 is 22.7 Å². The Morgan fingerprint density at radius 1 is 1.15 bits per heavy atom. The number of rotatable bonds is 7. The largest absolute Gasteiger partial charge is 0.493 e. The summed E-state index contributed by atoms with van der Waals surface area (Å²) in [5, 5.41) is 0. The van der Waals surface area contributed by atoms with Crippen molar-refractivity contribution in [2.24, 2.45) is 4.99 Å². The lowest BCUT2D eigenvalue weighted by molar-refractivity contribution is -0.133. The normalized spacial score (nSPS) is 18.3. The van der Waals surface area contributed by atoms with Crippen LogP contribution in [0.1, 0.15) is 42.9 Å². The fourth-order valence-electron chi connectivity index (χ4n) is 4.31. The summed E-state index contributed by atoms with van der Waals surface area (Å²) in [6.45, 7) is 3.07. The number of amides is 1. The molecule has 2 heterocycles. The zero-order valence-corrected chi connectivity index (χ0v) is 19.9. The second-order valence-electron chi connectivity index (χ2n) is 8.22. The number of nitrogens with one attached hydrogen (secondary N) is 1. The molecular weight excluding hydrogens is 442 g/mol. The zero-order chi connectivity index (χ0) is 23.6. The number of nitrogens with zero attached hydrogens (tertiary/aromatic N) is 2. The number of aliphatic imine (C=N–C) groups is 1. The Hall–Kier alpha value is -3.07. The van der Waals surface area contributed by atoms with Crippen molar-refractivity contribution in [3.8, 4) is 11.5 Å². The van der Waals surface area contributed by atoms with E-state index in [0.29, 0.717) is 43.0 Å². The van der Waals surface area contributed by atoms with Crippen LogP contribution in [0.5, 0.6) is 11.5 Å². The highest BCUT2D eigenvalue weighted by atomic mass is 32.2. The highest BCUT2D eigenvalue weighted by Crippen LogP contribution is 2.33. The second-order valence-corrected chi connectivity index (χ2v) is 9.87. The van der Waals surface area contributed by atoms with E-state index in [2.05, 4.69) is 16.6 Å². The zero-order valence-electron chi connectivity index (χ0n) is 19.1. The minimum absolute atomic E-state index is 0.0973. The summed E-state index contributed by atoms with van der Waals surface area (Å²) in [7, 11) is -0.460. The van der Waals surface area contributed by atoms with Crippen LogP contribution in [0.25, 0.3) is 0 Å². The minimum Gasteiger partial charge on any atom is -0.493 e. The molecule has 1 unspecified atom stereocenters. The second kappa shape index (κ2) is 9.43. The molecule has 8 nitrogen and oxygen atoms in total. The Labute approximate surface area is 194 Å². The third-order valence-electron chi connectivity index (χ3n) is 6.09. The number of unbranched alkanes of at least 4 members (excludes halogenated alkanes) is 1. The molecule has 1 amide bonds. The molecule has 4 rings (SSSR count). The van der Waals surface area contributed by atoms with Gasteiger partial charge in [-0.05, 0) is 48.2 Å². The standard InChI is InChI=1S/C24H29N3O5S/c1-4-5-9-19(25-23-18-8-6-7-10-22(18)33(29,30)26-23)24(28)27-12-11-16-13-20(31-2)21(32-3)14-17(16)15-27/h6-8,10,13-14,19H,4-5,9,11-12,15H2,1-3H3,(H,25,26). The SMILES string of the molecule is CCCCC(N=C1NS(=O)(=O)c2ccccc21)C(=O)N1CCc2cc(OC)c(OC)cc2C1. The van der Waals surface area contributed by atoms with Gasteiger partial charge >= 0.3 is 0 Å². The van der Waals surface area contributed by atoms with Crippen LogP contribution in [0.2, 0.25) is 0 Å². The molecule has 0 bridgehead atoms. The molecule has 0 saturated heterocycles. The van der Waals surface area contributed by atoms with Gasteiger partial charge in [-0.1, -0.05) is 31.9 Å². The molecule has 0 aromatic heterocycles. The molecule has 0 radical (unpaired) electrons. The van der Waals surface area contributed by atoms with Gasteiger partial charge in [0, 0.05) is 18.7 Å². The van der Waals surface area contributed by atoms with Gasteiger partial charge in [0.1, 0.15) is 11.9 Å². The Morgan fingerprint density at radius 3 is 2.55 bits per heavy atom. The number of amidine groups is 1. The molecule has 0 spiro atoms. The van der Waals surface area contributed by atoms with E-state index in [0.717, 1.165) is 24.0 Å². The van der Waals surface area contributed by atoms with Crippen LogP contribution < -0.4 is 14.2 Å². The van der Waals surface area contributed by atoms with Gasteiger partial charge in [0.15, 0.2) is 11.5 Å². The summed E-state index contributed by atoms with van der Waals surface area (Å²) in [5.74, 6) is 1.45. The molecule has 2 aliphatic heterocycles. The predicted molar refractivity (Wildman–Crippen MR) is 125 cm³/mol. The van der Waals surface area contributed by atoms with Gasteiger partial charge in [-0.3, -0.25) is 14.5 Å². The summed E-state index contributed by atoms with van der Waals surface area (Å²) in [6.07, 6.45) is 2.99. The number of carbonyl (C=O) groups excluding carboxylic acids is 1. The van der Waals surface area contributed by atoms with Gasteiger partial charge < -0.3 is 14.4 Å². The van der Waals surface area contributed by atoms with Gasteiger partial charge in [0.05, 0.1) is 19.1 Å². The van der Waals surface area contributed by atoms with Crippen LogP contribution in [0.4, 0.5) is 0 Å². The van der Waals surface area contributed by atoms with Crippen LogP contribution >= 0.6 is 0 Å². The lowest BCUT2D eigenvalue weighted by Gasteiger charge is -2.31. The molecular formula is C24H29N3O5S. The van der Waals surface area contributed by atoms with Crippen molar-refractivity contribution >= 4 is 21.8 Å². The molecule has 9 heteroatoms. The van der Waals surface area contributed by atoms with E-state index in [-0.39, 0.29) is 16.6 Å². The smallest absolute Gasteiger partial charge is 0.263 e. The molecule has 2 aromatic rings. The van der Waals surface area contributed by atoms with Gasteiger partial charge in [-0.25, -0.2) is 8.42 Å². The molecule has 33 heavy (non-hydrogen) atoms. The molecule has 0 fully saturated rings. The maximum Gasteiger partial charge on any atom is 0.263 e. The van der Waals surface area contributed by atoms with Gasteiger partial charge in [-0.15, -0.1) is 0 Å². The van der Waals surface area contributed by atoms with E-state index in [9.17, 15) is 13.2 Å². The third kappa shape index (κ3) is 4.55. The number of hydrogen-bond donors (Lipinski definition) is 1. The van der Waals surface area contributed by atoms with Crippen LogP contribution in [0.15, 0.2) is 46.3 Å². The van der Waals surface area contributed by atoms with Crippen LogP contribution in [0.3, 0.4) is 0 Å². The van der Waals surface area contributed by atoms with Crippen molar-refractivity contribution in [2.45, 2.75) is 50.1 Å². The summed E-state index contributed by atoms with van der Waals surface area (Å²) in [6, 6.07) is 9.93. The quantitative estimate of drug-likeness (QED) is 0.670. The summed E-state index contributed by atoms with van der Waals surface area (Å²) < 4.78 is 38.3. The average Bonchev–Trinajstić information content (AvgIpc) is 3.09. The summed E-state index contributed by atoms with van der Waals surface area (Å²) in [4.78, 5) is 20.2. The maximum atomic E-state index is 13.5. The Morgan fingerprint density at radius 2 is 1.85 bits per heavy atom. The Kier molecular flexibility index (Phi) is 6.60. The minimum atomic E-state index is -3.66. The number of hydrogen-bond acceptors (Lipinski definition) is 6. The molecule has 0 saturated carbocycles. The highest BCUT2D eigenvalue weighted by Gasteiger charge is 2.33. The molecule has 2 aliphatic rings. The average molecular weight is 472 g/mol. The van der Waals surface area contributed by atoms with E-state index < -0.39 is 16.1 Å². The van der Waals surface area contributed by atoms with Crippen LogP contribution in [0, 0.1) is 0 Å². The number of sulfonamides is 1. The van der Waals surface area contributed by atoms with Crippen molar-refractivity contribution in [3.63, 3.8) is 0 Å². The summed E-state index contributed by atoms with van der Waals surface area (Å²) in [5.41, 5.74) is 2.65. The van der Waals surface area contributed by atoms with Gasteiger partial charge in [0.2, 0.25) is 5.91 Å².